The zero-order chi connectivity index (χ0) is 13.3. The highest BCUT2D eigenvalue weighted by Gasteiger charge is 2.41. The lowest BCUT2D eigenvalue weighted by Gasteiger charge is -2.35. The Hall–Kier alpha value is -1.52. The van der Waals surface area contributed by atoms with Crippen molar-refractivity contribution in [1.29, 1.82) is 0 Å². The van der Waals surface area contributed by atoms with Crippen LogP contribution >= 0.6 is 0 Å². The van der Waals surface area contributed by atoms with Crippen molar-refractivity contribution >= 4 is 5.78 Å². The number of ketones is 1. The van der Waals surface area contributed by atoms with Crippen LogP contribution in [0.15, 0.2) is 24.3 Å². The number of Topliss-reactive ketones (excluding diaryl/α,β-unsaturated/α-hetero) is 1. The largest absolute Gasteiger partial charge is 0.573 e. The van der Waals surface area contributed by atoms with Crippen LogP contribution in [-0.4, -0.2) is 12.1 Å². The minimum absolute atomic E-state index is 0.115. The third kappa shape index (κ3) is 2.49. The molecule has 0 aromatic heterocycles. The summed E-state index contributed by atoms with van der Waals surface area (Å²) in [6.07, 6.45) is -3.76. The van der Waals surface area contributed by atoms with Crippen molar-refractivity contribution in [2.75, 3.05) is 0 Å². The summed E-state index contributed by atoms with van der Waals surface area (Å²) in [5.41, 5.74) is 0.473. The predicted molar refractivity (Wildman–Crippen MR) is 59.3 cm³/mol. The van der Waals surface area contributed by atoms with E-state index in [9.17, 15) is 18.0 Å². The molecule has 98 valence electrons. The lowest BCUT2D eigenvalue weighted by Crippen LogP contribution is -2.35. The standard InChI is InChI=1S/C13H13F3O2/c1-2-8-10(7-11(8)17)9-5-3-4-6-12(9)18-13(14,15)16/h3-6,8,10H,2,7H2,1H3. The first-order valence-corrected chi connectivity index (χ1v) is 5.79. The number of hydrogen-bond acceptors (Lipinski definition) is 2. The monoisotopic (exact) mass is 258 g/mol. The molecule has 0 bridgehead atoms. The van der Waals surface area contributed by atoms with Crippen LogP contribution in [0, 0.1) is 5.92 Å². The Labute approximate surface area is 103 Å². The summed E-state index contributed by atoms with van der Waals surface area (Å²) in [6.45, 7) is 1.86. The average molecular weight is 258 g/mol. The van der Waals surface area contributed by atoms with E-state index in [1.54, 1.807) is 12.1 Å². The molecule has 0 aliphatic heterocycles. The SMILES string of the molecule is CCC1C(=O)CC1c1ccccc1OC(F)(F)F. The molecule has 2 atom stereocenters. The molecule has 0 saturated heterocycles. The second-order valence-corrected chi connectivity index (χ2v) is 4.38. The van der Waals surface area contributed by atoms with Gasteiger partial charge in [-0.1, -0.05) is 25.1 Å². The zero-order valence-corrected chi connectivity index (χ0v) is 9.83. The maximum atomic E-state index is 12.3. The average Bonchev–Trinajstić information content (AvgIpc) is 2.25. The summed E-state index contributed by atoms with van der Waals surface area (Å²) in [5.74, 6) is -0.408. The van der Waals surface area contributed by atoms with Crippen LogP contribution in [0.5, 0.6) is 5.75 Å². The number of rotatable bonds is 3. The van der Waals surface area contributed by atoms with Gasteiger partial charge in [0.15, 0.2) is 0 Å². The van der Waals surface area contributed by atoms with Crippen molar-refractivity contribution < 1.29 is 22.7 Å². The third-order valence-corrected chi connectivity index (χ3v) is 3.30. The van der Waals surface area contributed by atoms with Gasteiger partial charge >= 0.3 is 6.36 Å². The maximum Gasteiger partial charge on any atom is 0.573 e. The van der Waals surface area contributed by atoms with Crippen molar-refractivity contribution in [1.82, 2.24) is 0 Å². The molecular weight excluding hydrogens is 245 g/mol. The molecule has 1 aromatic rings. The van der Waals surface area contributed by atoms with Crippen molar-refractivity contribution in [2.45, 2.75) is 32.0 Å². The van der Waals surface area contributed by atoms with Gasteiger partial charge in [-0.3, -0.25) is 4.79 Å². The summed E-state index contributed by atoms with van der Waals surface area (Å²) in [5, 5.41) is 0. The topological polar surface area (TPSA) is 26.3 Å². The van der Waals surface area contributed by atoms with Gasteiger partial charge in [0.1, 0.15) is 11.5 Å². The van der Waals surface area contributed by atoms with Crippen LogP contribution in [0.3, 0.4) is 0 Å². The molecular formula is C13H13F3O2. The number of ether oxygens (including phenoxy) is 1. The molecule has 0 radical (unpaired) electrons. The summed E-state index contributed by atoms with van der Waals surface area (Å²) in [4.78, 5) is 11.4. The molecule has 2 unspecified atom stereocenters. The van der Waals surface area contributed by atoms with E-state index in [-0.39, 0.29) is 23.4 Å². The van der Waals surface area contributed by atoms with E-state index in [4.69, 9.17) is 0 Å². The number of carbonyl (C=O) groups is 1. The highest BCUT2D eigenvalue weighted by molar-refractivity contribution is 5.89. The van der Waals surface area contributed by atoms with E-state index in [2.05, 4.69) is 4.74 Å². The normalized spacial score (nSPS) is 23.7. The number of alkyl halides is 3. The molecule has 0 amide bonds. The van der Waals surface area contributed by atoms with Crippen molar-refractivity contribution in [3.05, 3.63) is 29.8 Å². The minimum Gasteiger partial charge on any atom is -0.405 e. The number of benzene rings is 1. The molecule has 1 aliphatic carbocycles. The van der Waals surface area contributed by atoms with E-state index >= 15 is 0 Å². The van der Waals surface area contributed by atoms with E-state index in [0.29, 0.717) is 18.4 Å². The van der Waals surface area contributed by atoms with Gasteiger partial charge in [0.2, 0.25) is 0 Å². The van der Waals surface area contributed by atoms with Crippen LogP contribution in [0.1, 0.15) is 31.2 Å². The molecule has 0 heterocycles. The van der Waals surface area contributed by atoms with Crippen molar-refractivity contribution in [2.24, 2.45) is 5.92 Å². The smallest absolute Gasteiger partial charge is 0.405 e. The van der Waals surface area contributed by atoms with Gasteiger partial charge in [0, 0.05) is 18.3 Å². The van der Waals surface area contributed by atoms with Gasteiger partial charge in [-0.2, -0.15) is 0 Å². The van der Waals surface area contributed by atoms with Crippen LogP contribution in [0.4, 0.5) is 13.2 Å². The Kier molecular flexibility index (Phi) is 3.32. The fourth-order valence-corrected chi connectivity index (χ4v) is 2.42. The van der Waals surface area contributed by atoms with Crippen LogP contribution < -0.4 is 4.74 Å². The lowest BCUT2D eigenvalue weighted by molar-refractivity contribution is -0.275. The van der Waals surface area contributed by atoms with Gasteiger partial charge in [-0.05, 0) is 18.1 Å². The molecule has 0 N–H and O–H groups in total. The molecule has 5 heteroatoms. The Morgan fingerprint density at radius 3 is 2.56 bits per heavy atom. The summed E-state index contributed by atoms with van der Waals surface area (Å²) in [6, 6.07) is 6.04. The van der Waals surface area contributed by atoms with Crippen LogP contribution in [0.25, 0.3) is 0 Å². The number of carbonyl (C=O) groups excluding carboxylic acids is 1. The number of para-hydroxylation sites is 1. The fraction of sp³-hybridized carbons (Fsp3) is 0.462. The highest BCUT2D eigenvalue weighted by Crippen LogP contribution is 2.45. The Bertz CT molecular complexity index is 454. The first-order valence-electron chi connectivity index (χ1n) is 5.79. The molecule has 0 spiro atoms. The Morgan fingerprint density at radius 1 is 1.33 bits per heavy atom. The van der Waals surface area contributed by atoms with Gasteiger partial charge in [-0.25, -0.2) is 0 Å². The van der Waals surface area contributed by atoms with E-state index in [1.165, 1.54) is 12.1 Å². The molecule has 2 nitrogen and oxygen atoms in total. The Morgan fingerprint density at radius 2 is 2.00 bits per heavy atom. The van der Waals surface area contributed by atoms with Gasteiger partial charge < -0.3 is 4.74 Å². The third-order valence-electron chi connectivity index (χ3n) is 3.30. The van der Waals surface area contributed by atoms with Gasteiger partial charge in [0.25, 0.3) is 0 Å². The quantitative estimate of drug-likeness (QED) is 0.826. The zero-order valence-electron chi connectivity index (χ0n) is 9.83. The van der Waals surface area contributed by atoms with Gasteiger partial charge in [0.05, 0.1) is 0 Å². The second kappa shape index (κ2) is 4.63. The first-order chi connectivity index (χ1) is 8.42. The van der Waals surface area contributed by atoms with Gasteiger partial charge in [-0.15, -0.1) is 13.2 Å². The summed E-state index contributed by atoms with van der Waals surface area (Å²) < 4.78 is 40.8. The molecule has 1 aliphatic rings. The lowest BCUT2D eigenvalue weighted by atomic mass is 9.67. The predicted octanol–water partition coefficient (Wildman–Crippen LogP) is 3.67. The van der Waals surface area contributed by atoms with Crippen molar-refractivity contribution in [3.8, 4) is 5.75 Å². The first kappa shape index (κ1) is 12.9. The molecule has 2 rings (SSSR count). The maximum absolute atomic E-state index is 12.3. The summed E-state index contributed by atoms with van der Waals surface area (Å²) in [7, 11) is 0. The van der Waals surface area contributed by atoms with Crippen LogP contribution in [-0.2, 0) is 4.79 Å². The second-order valence-electron chi connectivity index (χ2n) is 4.38. The molecule has 1 saturated carbocycles. The van der Waals surface area contributed by atoms with E-state index in [1.807, 2.05) is 6.92 Å². The van der Waals surface area contributed by atoms with Crippen molar-refractivity contribution in [3.63, 3.8) is 0 Å². The summed E-state index contributed by atoms with van der Waals surface area (Å²) >= 11 is 0. The highest BCUT2D eigenvalue weighted by atomic mass is 19.4. The number of hydrogen-bond donors (Lipinski definition) is 0. The molecule has 1 fully saturated rings. The van der Waals surface area contributed by atoms with E-state index < -0.39 is 6.36 Å². The van der Waals surface area contributed by atoms with Crippen LogP contribution in [0.2, 0.25) is 0 Å². The fourth-order valence-electron chi connectivity index (χ4n) is 2.42. The van der Waals surface area contributed by atoms with E-state index in [0.717, 1.165) is 0 Å². The number of halogens is 3. The molecule has 18 heavy (non-hydrogen) atoms. The Balaban J connectivity index is 2.26. The molecule has 1 aromatic carbocycles. The minimum atomic E-state index is -4.70.